The van der Waals surface area contributed by atoms with Crippen LogP contribution in [0.4, 0.5) is 10.2 Å². The second kappa shape index (κ2) is 7.87. The van der Waals surface area contributed by atoms with Gasteiger partial charge in [0.05, 0.1) is 5.56 Å². The normalized spacial score (nSPS) is 11.5. The molecule has 0 amide bonds. The van der Waals surface area contributed by atoms with Gasteiger partial charge < -0.3 is 10.1 Å². The van der Waals surface area contributed by atoms with Crippen LogP contribution >= 0.6 is 0 Å². The number of nitrogens with one attached hydrogen (secondary N) is 1. The molecule has 2 aromatic carbocycles. The molecular formula is C25H24FN3O2. The van der Waals surface area contributed by atoms with Crippen molar-refractivity contribution in [2.75, 3.05) is 5.32 Å². The number of hydrogen-bond donors (Lipinski definition) is 1. The first kappa shape index (κ1) is 20.6. The third-order valence-corrected chi connectivity index (χ3v) is 4.71. The standard InChI is InChI=1S/C25H24FN3O2/c1-16-13-14-29-21(15-16)27-22(23(29)28-25(2,3)4)17-9-11-18(12-10-17)31-24(30)19-7-5-6-8-20(19)26/h5-15,28H,1-4H3. The summed E-state index contributed by atoms with van der Waals surface area (Å²) in [5, 5.41) is 3.54. The summed E-state index contributed by atoms with van der Waals surface area (Å²) in [6.45, 7) is 8.31. The monoisotopic (exact) mass is 417 g/mol. The summed E-state index contributed by atoms with van der Waals surface area (Å²) in [5.74, 6) is -0.119. The maximum absolute atomic E-state index is 13.8. The lowest BCUT2D eigenvalue weighted by molar-refractivity contribution is 0.0730. The minimum absolute atomic E-state index is 0.0982. The van der Waals surface area contributed by atoms with E-state index < -0.39 is 11.8 Å². The second-order valence-electron chi connectivity index (χ2n) is 8.51. The first-order chi connectivity index (χ1) is 14.7. The van der Waals surface area contributed by atoms with Gasteiger partial charge in [-0.3, -0.25) is 4.40 Å². The third kappa shape index (κ3) is 4.43. The van der Waals surface area contributed by atoms with E-state index in [-0.39, 0.29) is 11.1 Å². The van der Waals surface area contributed by atoms with Crippen LogP contribution in [0.25, 0.3) is 16.9 Å². The maximum Gasteiger partial charge on any atom is 0.346 e. The molecule has 1 N–H and O–H groups in total. The van der Waals surface area contributed by atoms with Gasteiger partial charge in [0.25, 0.3) is 0 Å². The van der Waals surface area contributed by atoms with Crippen LogP contribution in [0, 0.1) is 12.7 Å². The quantitative estimate of drug-likeness (QED) is 0.333. The Bertz CT molecular complexity index is 1250. The zero-order chi connectivity index (χ0) is 22.2. The van der Waals surface area contributed by atoms with Crippen molar-refractivity contribution in [3.05, 3.63) is 83.8 Å². The zero-order valence-electron chi connectivity index (χ0n) is 17.9. The van der Waals surface area contributed by atoms with E-state index in [1.807, 2.05) is 41.8 Å². The molecule has 0 unspecified atom stereocenters. The van der Waals surface area contributed by atoms with Crippen LogP contribution in [-0.4, -0.2) is 20.9 Å². The summed E-state index contributed by atoms with van der Waals surface area (Å²) in [4.78, 5) is 17.1. The number of imidazole rings is 1. The summed E-state index contributed by atoms with van der Waals surface area (Å²) < 4.78 is 21.2. The topological polar surface area (TPSA) is 55.6 Å². The van der Waals surface area contributed by atoms with E-state index in [0.717, 1.165) is 28.3 Å². The number of anilines is 1. The van der Waals surface area contributed by atoms with Crippen molar-refractivity contribution < 1.29 is 13.9 Å². The molecule has 5 nitrogen and oxygen atoms in total. The number of esters is 1. The van der Waals surface area contributed by atoms with Crippen LogP contribution in [0.3, 0.4) is 0 Å². The SMILES string of the molecule is Cc1ccn2c(NC(C)(C)C)c(-c3ccc(OC(=O)c4ccccc4F)cc3)nc2c1. The van der Waals surface area contributed by atoms with Crippen molar-refractivity contribution in [3.63, 3.8) is 0 Å². The lowest BCUT2D eigenvalue weighted by Gasteiger charge is -2.22. The number of aromatic nitrogens is 2. The molecule has 0 atom stereocenters. The Kier molecular flexibility index (Phi) is 5.23. The molecule has 0 aliphatic rings. The van der Waals surface area contributed by atoms with Crippen molar-refractivity contribution >= 4 is 17.4 Å². The van der Waals surface area contributed by atoms with Gasteiger partial charge in [-0.15, -0.1) is 0 Å². The van der Waals surface area contributed by atoms with E-state index in [0.29, 0.717) is 5.75 Å². The van der Waals surface area contributed by atoms with E-state index in [9.17, 15) is 9.18 Å². The fraction of sp³-hybridized carbons (Fsp3) is 0.200. The number of aryl methyl sites for hydroxylation is 1. The Hall–Kier alpha value is -3.67. The highest BCUT2D eigenvalue weighted by molar-refractivity contribution is 5.91. The molecule has 0 spiro atoms. The number of benzene rings is 2. The minimum atomic E-state index is -0.732. The highest BCUT2D eigenvalue weighted by Gasteiger charge is 2.20. The van der Waals surface area contributed by atoms with Gasteiger partial charge in [-0.1, -0.05) is 12.1 Å². The number of nitrogens with zero attached hydrogens (tertiary/aromatic N) is 2. The molecule has 0 fully saturated rings. The lowest BCUT2D eigenvalue weighted by Crippen LogP contribution is -2.27. The Labute approximate surface area is 180 Å². The molecule has 4 rings (SSSR count). The van der Waals surface area contributed by atoms with E-state index >= 15 is 0 Å². The van der Waals surface area contributed by atoms with E-state index in [4.69, 9.17) is 9.72 Å². The van der Waals surface area contributed by atoms with Crippen LogP contribution in [0.2, 0.25) is 0 Å². The van der Waals surface area contributed by atoms with E-state index in [2.05, 4.69) is 26.1 Å². The van der Waals surface area contributed by atoms with Crippen molar-refractivity contribution in [2.45, 2.75) is 33.2 Å². The zero-order valence-corrected chi connectivity index (χ0v) is 17.9. The molecule has 0 aliphatic heterocycles. The number of hydrogen-bond acceptors (Lipinski definition) is 4. The smallest absolute Gasteiger partial charge is 0.346 e. The van der Waals surface area contributed by atoms with Gasteiger partial charge in [-0.2, -0.15) is 0 Å². The number of halogens is 1. The number of ether oxygens (including phenoxy) is 1. The summed E-state index contributed by atoms with van der Waals surface area (Å²) in [7, 11) is 0. The van der Waals surface area contributed by atoms with Gasteiger partial charge in [-0.25, -0.2) is 14.2 Å². The van der Waals surface area contributed by atoms with Crippen molar-refractivity contribution in [3.8, 4) is 17.0 Å². The second-order valence-corrected chi connectivity index (χ2v) is 8.51. The molecule has 31 heavy (non-hydrogen) atoms. The van der Waals surface area contributed by atoms with Gasteiger partial charge >= 0.3 is 5.97 Å². The first-order valence-corrected chi connectivity index (χ1v) is 10.1. The van der Waals surface area contributed by atoms with Crippen molar-refractivity contribution in [2.24, 2.45) is 0 Å². The molecule has 2 aromatic heterocycles. The van der Waals surface area contributed by atoms with Crippen LogP contribution in [-0.2, 0) is 0 Å². The fourth-order valence-corrected chi connectivity index (χ4v) is 3.29. The molecule has 0 radical (unpaired) electrons. The van der Waals surface area contributed by atoms with Gasteiger partial charge in [0.1, 0.15) is 28.7 Å². The van der Waals surface area contributed by atoms with Gasteiger partial charge in [-0.05, 0) is 81.8 Å². The van der Waals surface area contributed by atoms with Crippen molar-refractivity contribution in [1.82, 2.24) is 9.38 Å². The molecule has 0 saturated carbocycles. The number of pyridine rings is 1. The van der Waals surface area contributed by atoms with Crippen LogP contribution in [0.5, 0.6) is 5.75 Å². The van der Waals surface area contributed by atoms with Crippen molar-refractivity contribution in [1.29, 1.82) is 0 Å². The summed E-state index contributed by atoms with van der Waals surface area (Å²) in [6, 6.07) is 16.9. The number of carbonyl (C=O) groups excluding carboxylic acids is 1. The van der Waals surface area contributed by atoms with Gasteiger partial charge in [0, 0.05) is 17.3 Å². The minimum Gasteiger partial charge on any atom is -0.423 e. The largest absolute Gasteiger partial charge is 0.423 e. The lowest BCUT2D eigenvalue weighted by atomic mass is 10.1. The number of fused-ring (bicyclic) bond motifs is 1. The molecule has 0 saturated heterocycles. The molecule has 2 heterocycles. The Balaban J connectivity index is 1.66. The number of rotatable bonds is 4. The van der Waals surface area contributed by atoms with Gasteiger partial charge in [0.15, 0.2) is 0 Å². The Morgan fingerprint density at radius 3 is 2.45 bits per heavy atom. The Morgan fingerprint density at radius 2 is 1.77 bits per heavy atom. The average molecular weight is 417 g/mol. The maximum atomic E-state index is 13.8. The Morgan fingerprint density at radius 1 is 1.06 bits per heavy atom. The number of carbonyl (C=O) groups is 1. The predicted molar refractivity (Wildman–Crippen MR) is 120 cm³/mol. The molecule has 158 valence electrons. The predicted octanol–water partition coefficient (Wildman–Crippen LogP) is 5.88. The highest BCUT2D eigenvalue weighted by Crippen LogP contribution is 2.32. The van der Waals surface area contributed by atoms with E-state index in [1.165, 1.54) is 18.2 Å². The average Bonchev–Trinajstić information content (AvgIpc) is 3.04. The summed E-state index contributed by atoms with van der Waals surface area (Å²) in [5.41, 5.74) is 3.38. The highest BCUT2D eigenvalue weighted by atomic mass is 19.1. The summed E-state index contributed by atoms with van der Waals surface area (Å²) >= 11 is 0. The van der Waals surface area contributed by atoms with Crippen LogP contribution in [0.15, 0.2) is 66.9 Å². The molecule has 0 aliphatic carbocycles. The molecule has 4 aromatic rings. The van der Waals surface area contributed by atoms with E-state index in [1.54, 1.807) is 18.2 Å². The van der Waals surface area contributed by atoms with Gasteiger partial charge in [0.2, 0.25) is 0 Å². The first-order valence-electron chi connectivity index (χ1n) is 10.1. The van der Waals surface area contributed by atoms with Crippen LogP contribution < -0.4 is 10.1 Å². The molecule has 0 bridgehead atoms. The van der Waals surface area contributed by atoms with Crippen LogP contribution in [0.1, 0.15) is 36.7 Å². The third-order valence-electron chi connectivity index (χ3n) is 4.71. The fourth-order valence-electron chi connectivity index (χ4n) is 3.29. The molecular weight excluding hydrogens is 393 g/mol. The molecule has 6 heteroatoms. The summed E-state index contributed by atoms with van der Waals surface area (Å²) in [6.07, 6.45) is 2.00.